The molecule has 0 fully saturated rings. The third kappa shape index (κ3) is 3.30. The molecule has 2 aromatic rings. The van der Waals surface area contributed by atoms with Crippen molar-refractivity contribution in [1.82, 2.24) is 5.32 Å². The quantitative estimate of drug-likeness (QED) is 0.893. The summed E-state index contributed by atoms with van der Waals surface area (Å²) < 4.78 is 27.3. The first-order valence-electron chi connectivity index (χ1n) is 6.04. The number of benzene rings is 2. The third-order valence-electron chi connectivity index (χ3n) is 2.76. The van der Waals surface area contributed by atoms with E-state index in [4.69, 9.17) is 11.6 Å². The van der Waals surface area contributed by atoms with E-state index in [2.05, 4.69) is 10.0 Å². The van der Waals surface area contributed by atoms with E-state index >= 15 is 0 Å². The number of halogens is 1. The van der Waals surface area contributed by atoms with Gasteiger partial charge in [0.15, 0.2) is 0 Å². The molecule has 106 valence electrons. The van der Waals surface area contributed by atoms with Crippen molar-refractivity contribution in [2.75, 3.05) is 11.8 Å². The maximum Gasteiger partial charge on any atom is 0.263 e. The van der Waals surface area contributed by atoms with Crippen LogP contribution in [0.25, 0.3) is 0 Å². The monoisotopic (exact) mass is 310 g/mol. The molecule has 2 rings (SSSR count). The first kappa shape index (κ1) is 14.8. The largest absolute Gasteiger partial charge is 0.316 e. The van der Waals surface area contributed by atoms with Gasteiger partial charge in [0.1, 0.15) is 4.90 Å². The van der Waals surface area contributed by atoms with Crippen LogP contribution in [0.15, 0.2) is 53.4 Å². The van der Waals surface area contributed by atoms with Gasteiger partial charge in [0.25, 0.3) is 10.0 Å². The fourth-order valence-electron chi connectivity index (χ4n) is 1.83. The molecule has 0 saturated carbocycles. The van der Waals surface area contributed by atoms with Crippen LogP contribution in [0.4, 0.5) is 5.69 Å². The van der Waals surface area contributed by atoms with Crippen LogP contribution in [0.2, 0.25) is 5.02 Å². The van der Waals surface area contributed by atoms with Crippen LogP contribution in [-0.4, -0.2) is 15.5 Å². The second-order valence-corrected chi connectivity index (χ2v) is 6.28. The van der Waals surface area contributed by atoms with Crippen LogP contribution in [0.1, 0.15) is 5.56 Å². The van der Waals surface area contributed by atoms with E-state index in [1.807, 2.05) is 12.1 Å². The van der Waals surface area contributed by atoms with Gasteiger partial charge in [-0.1, -0.05) is 41.9 Å². The molecule has 0 aliphatic carbocycles. The molecule has 0 aromatic heterocycles. The number of para-hydroxylation sites is 1. The van der Waals surface area contributed by atoms with Gasteiger partial charge in [-0.3, -0.25) is 4.72 Å². The van der Waals surface area contributed by atoms with Gasteiger partial charge in [-0.25, -0.2) is 8.42 Å². The number of nitrogens with one attached hydrogen (secondary N) is 2. The maximum absolute atomic E-state index is 12.4. The summed E-state index contributed by atoms with van der Waals surface area (Å²) in [5.74, 6) is 0. The van der Waals surface area contributed by atoms with Gasteiger partial charge in [-0.15, -0.1) is 0 Å². The molecular weight excluding hydrogens is 296 g/mol. The minimum atomic E-state index is -3.69. The number of sulfonamides is 1. The summed E-state index contributed by atoms with van der Waals surface area (Å²) in [7, 11) is -1.89. The van der Waals surface area contributed by atoms with E-state index in [9.17, 15) is 8.42 Å². The molecule has 0 unspecified atom stereocenters. The lowest BCUT2D eigenvalue weighted by molar-refractivity contribution is 0.601. The SMILES string of the molecule is CNCc1ccccc1NS(=O)(=O)c1ccccc1Cl. The number of hydrogen-bond acceptors (Lipinski definition) is 3. The zero-order valence-electron chi connectivity index (χ0n) is 10.9. The lowest BCUT2D eigenvalue weighted by Crippen LogP contribution is -2.16. The van der Waals surface area contributed by atoms with Crippen molar-refractivity contribution in [3.05, 3.63) is 59.1 Å². The average molecular weight is 311 g/mol. The Morgan fingerprint density at radius 1 is 1.05 bits per heavy atom. The smallest absolute Gasteiger partial charge is 0.263 e. The van der Waals surface area contributed by atoms with E-state index in [1.54, 1.807) is 37.4 Å². The molecule has 0 amide bonds. The van der Waals surface area contributed by atoms with E-state index in [1.165, 1.54) is 6.07 Å². The highest BCUT2D eigenvalue weighted by Crippen LogP contribution is 2.24. The Morgan fingerprint density at radius 2 is 1.70 bits per heavy atom. The van der Waals surface area contributed by atoms with E-state index in [0.29, 0.717) is 12.2 Å². The van der Waals surface area contributed by atoms with Crippen molar-refractivity contribution >= 4 is 27.3 Å². The summed E-state index contributed by atoms with van der Waals surface area (Å²) in [6.45, 7) is 0.571. The van der Waals surface area contributed by atoms with Crippen molar-refractivity contribution in [3.8, 4) is 0 Å². The minimum absolute atomic E-state index is 0.0703. The highest BCUT2D eigenvalue weighted by atomic mass is 35.5. The van der Waals surface area contributed by atoms with E-state index in [0.717, 1.165) is 5.56 Å². The predicted molar refractivity (Wildman–Crippen MR) is 81.5 cm³/mol. The topological polar surface area (TPSA) is 58.2 Å². The number of anilines is 1. The van der Waals surface area contributed by atoms with Crippen molar-refractivity contribution in [3.63, 3.8) is 0 Å². The molecule has 0 spiro atoms. The second-order valence-electron chi connectivity index (χ2n) is 4.22. The average Bonchev–Trinajstić information content (AvgIpc) is 2.41. The molecule has 0 saturated heterocycles. The maximum atomic E-state index is 12.4. The Morgan fingerprint density at radius 3 is 2.40 bits per heavy atom. The fourth-order valence-corrected chi connectivity index (χ4v) is 3.45. The highest BCUT2D eigenvalue weighted by Gasteiger charge is 2.18. The summed E-state index contributed by atoms with van der Waals surface area (Å²) in [6.07, 6.45) is 0. The van der Waals surface area contributed by atoms with Crippen LogP contribution in [0.5, 0.6) is 0 Å². The minimum Gasteiger partial charge on any atom is -0.316 e. The second kappa shape index (κ2) is 6.26. The normalized spacial score (nSPS) is 11.3. The zero-order valence-corrected chi connectivity index (χ0v) is 12.5. The van der Waals surface area contributed by atoms with E-state index < -0.39 is 10.0 Å². The molecule has 20 heavy (non-hydrogen) atoms. The van der Waals surface area contributed by atoms with Gasteiger partial charge in [0, 0.05) is 6.54 Å². The standard InChI is InChI=1S/C14H15ClN2O2S/c1-16-10-11-6-2-4-8-13(11)17-20(18,19)14-9-5-3-7-12(14)15/h2-9,16-17H,10H2,1H3. The van der Waals surface area contributed by atoms with Crippen LogP contribution < -0.4 is 10.0 Å². The summed E-state index contributed by atoms with van der Waals surface area (Å²) in [6, 6.07) is 13.6. The van der Waals surface area contributed by atoms with Crippen molar-refractivity contribution in [2.45, 2.75) is 11.4 Å². The molecule has 6 heteroatoms. The van der Waals surface area contributed by atoms with Gasteiger partial charge >= 0.3 is 0 Å². The fraction of sp³-hybridized carbons (Fsp3) is 0.143. The van der Waals surface area contributed by atoms with Gasteiger partial charge in [0.05, 0.1) is 10.7 Å². The van der Waals surface area contributed by atoms with Crippen molar-refractivity contribution < 1.29 is 8.42 Å². The Kier molecular flexibility index (Phi) is 4.65. The first-order valence-corrected chi connectivity index (χ1v) is 7.90. The van der Waals surface area contributed by atoms with Crippen molar-refractivity contribution in [2.24, 2.45) is 0 Å². The van der Waals surface area contributed by atoms with E-state index in [-0.39, 0.29) is 9.92 Å². The first-order chi connectivity index (χ1) is 9.54. The Labute approximate surface area is 123 Å². The Hall–Kier alpha value is -1.56. The van der Waals surface area contributed by atoms with Gasteiger partial charge in [0.2, 0.25) is 0 Å². The molecule has 0 aliphatic heterocycles. The van der Waals surface area contributed by atoms with Crippen LogP contribution in [-0.2, 0) is 16.6 Å². The molecule has 2 N–H and O–H groups in total. The lowest BCUT2D eigenvalue weighted by Gasteiger charge is -2.13. The summed E-state index contributed by atoms with van der Waals surface area (Å²) in [4.78, 5) is 0.0703. The van der Waals surface area contributed by atoms with Crippen LogP contribution >= 0.6 is 11.6 Å². The molecule has 0 bridgehead atoms. The molecule has 0 atom stereocenters. The van der Waals surface area contributed by atoms with Crippen molar-refractivity contribution in [1.29, 1.82) is 0 Å². The molecule has 0 radical (unpaired) electrons. The van der Waals surface area contributed by atoms with Crippen LogP contribution in [0.3, 0.4) is 0 Å². The Bertz CT molecular complexity index is 702. The zero-order chi connectivity index (χ0) is 14.6. The summed E-state index contributed by atoms with van der Waals surface area (Å²) in [5.41, 5.74) is 1.41. The number of hydrogen-bond donors (Lipinski definition) is 2. The number of rotatable bonds is 5. The van der Waals surface area contributed by atoms with Crippen LogP contribution in [0, 0.1) is 0 Å². The molecule has 0 aliphatic rings. The lowest BCUT2D eigenvalue weighted by atomic mass is 10.2. The Balaban J connectivity index is 2.37. The third-order valence-corrected chi connectivity index (χ3v) is 4.62. The summed E-state index contributed by atoms with van der Waals surface area (Å²) in [5, 5.41) is 3.20. The molecular formula is C14H15ClN2O2S. The van der Waals surface area contributed by atoms with Gasteiger partial charge in [-0.2, -0.15) is 0 Å². The molecule has 0 heterocycles. The highest BCUT2D eigenvalue weighted by molar-refractivity contribution is 7.92. The predicted octanol–water partition coefficient (Wildman–Crippen LogP) is 2.86. The van der Waals surface area contributed by atoms with Gasteiger partial charge < -0.3 is 5.32 Å². The summed E-state index contributed by atoms with van der Waals surface area (Å²) >= 11 is 5.94. The molecule has 4 nitrogen and oxygen atoms in total. The van der Waals surface area contributed by atoms with Gasteiger partial charge in [-0.05, 0) is 30.8 Å². The molecule has 2 aromatic carbocycles.